The third kappa shape index (κ3) is 4.20. The van der Waals surface area contributed by atoms with Gasteiger partial charge < -0.3 is 15.8 Å². The van der Waals surface area contributed by atoms with E-state index in [0.717, 1.165) is 62.2 Å². The molecule has 15 heteroatoms. The van der Waals surface area contributed by atoms with Crippen molar-refractivity contribution in [2.45, 2.75) is 49.6 Å². The summed E-state index contributed by atoms with van der Waals surface area (Å²) >= 11 is 0.871. The number of imide groups is 1. The number of amides is 3. The van der Waals surface area contributed by atoms with E-state index in [0.29, 0.717) is 19.4 Å². The second-order valence-corrected chi connectivity index (χ2v) is 13.2. The third-order valence-corrected chi connectivity index (χ3v) is 10.6. The van der Waals surface area contributed by atoms with E-state index in [2.05, 4.69) is 30.5 Å². The molecule has 4 aliphatic rings. The normalized spacial score (nSPS) is 23.0. The van der Waals surface area contributed by atoms with E-state index < -0.39 is 40.5 Å². The Morgan fingerprint density at radius 3 is 2.56 bits per heavy atom. The van der Waals surface area contributed by atoms with Gasteiger partial charge in [-0.15, -0.1) is 0 Å². The van der Waals surface area contributed by atoms with Crippen LogP contribution >= 0.6 is 11.3 Å². The summed E-state index contributed by atoms with van der Waals surface area (Å²) in [5.41, 5.74) is 3.49. The van der Waals surface area contributed by atoms with Crippen LogP contribution in [0.15, 0.2) is 18.2 Å². The van der Waals surface area contributed by atoms with Crippen LogP contribution in [0.3, 0.4) is 0 Å². The lowest BCUT2D eigenvalue weighted by atomic mass is 9.88. The number of benzene rings is 2. The minimum Gasteiger partial charge on any atom is -0.461 e. The van der Waals surface area contributed by atoms with Gasteiger partial charge in [-0.25, -0.2) is 22.9 Å². The number of thiazole rings is 1. The molecule has 11 nitrogen and oxygen atoms in total. The van der Waals surface area contributed by atoms with E-state index >= 15 is 8.78 Å². The fourth-order valence-electron chi connectivity index (χ4n) is 7.63. The maximum absolute atomic E-state index is 16.7. The number of rotatable bonds is 5. The number of nitrogens with two attached hydrogens (primary N) is 1. The van der Waals surface area contributed by atoms with Crippen molar-refractivity contribution in [3.63, 3.8) is 0 Å². The van der Waals surface area contributed by atoms with Gasteiger partial charge in [0, 0.05) is 17.5 Å². The van der Waals surface area contributed by atoms with Crippen LogP contribution in [0.2, 0.25) is 0 Å². The molecule has 0 aliphatic carbocycles. The van der Waals surface area contributed by atoms with E-state index in [4.69, 9.17) is 10.5 Å². The molecule has 0 radical (unpaired) electrons. The Balaban J connectivity index is 1.33. The lowest BCUT2D eigenvalue weighted by Gasteiger charge is -2.38. The minimum absolute atomic E-state index is 0.00707. The number of piperidine rings is 1. The predicted molar refractivity (Wildman–Crippen MR) is 162 cm³/mol. The van der Waals surface area contributed by atoms with E-state index in [9.17, 15) is 14.0 Å². The highest BCUT2D eigenvalue weighted by atomic mass is 32.1. The zero-order chi connectivity index (χ0) is 31.1. The molecular weight excluding hydrogens is 609 g/mol. The Morgan fingerprint density at radius 2 is 1.80 bits per heavy atom. The number of carbonyl (C=O) groups is 2. The SMILES string of the molecule is Nc1nc2c(-c3c(F)cc4c(N5C(=O)NC(=O)C56CCCNC6)nc(OCC56CCCN5CCC6)nc4c3F)ccc(F)c2s1. The van der Waals surface area contributed by atoms with Gasteiger partial charge in [0.05, 0.1) is 21.3 Å². The summed E-state index contributed by atoms with van der Waals surface area (Å²) < 4.78 is 53.7. The van der Waals surface area contributed by atoms with E-state index in [1.54, 1.807) is 0 Å². The lowest BCUT2D eigenvalue weighted by Crippen LogP contribution is -2.59. The molecule has 2 aromatic heterocycles. The molecule has 1 spiro atoms. The maximum Gasteiger partial charge on any atom is 0.330 e. The molecular formula is C30H29F3N8O3S. The first-order valence-electron chi connectivity index (χ1n) is 15.0. The Kier molecular flexibility index (Phi) is 6.45. The van der Waals surface area contributed by atoms with Crippen molar-refractivity contribution in [2.24, 2.45) is 0 Å². The number of nitrogen functional groups attached to an aromatic ring is 1. The van der Waals surface area contributed by atoms with Crippen LogP contribution in [0.25, 0.3) is 32.2 Å². The summed E-state index contributed by atoms with van der Waals surface area (Å²) in [5, 5.41) is 5.46. The Morgan fingerprint density at radius 1 is 1.00 bits per heavy atom. The van der Waals surface area contributed by atoms with Crippen molar-refractivity contribution in [1.82, 2.24) is 30.5 Å². The number of ether oxygens (including phenoxy) is 1. The molecule has 4 aromatic rings. The van der Waals surface area contributed by atoms with Crippen molar-refractivity contribution in [3.8, 4) is 17.1 Å². The molecule has 1 unspecified atom stereocenters. The van der Waals surface area contributed by atoms with Crippen molar-refractivity contribution >= 4 is 55.3 Å². The first kappa shape index (κ1) is 28.4. The smallest absolute Gasteiger partial charge is 0.330 e. The zero-order valence-corrected chi connectivity index (χ0v) is 24.9. The molecule has 2 aromatic carbocycles. The van der Waals surface area contributed by atoms with Crippen LogP contribution in [0.4, 0.5) is 28.9 Å². The van der Waals surface area contributed by atoms with Gasteiger partial charge in [0.25, 0.3) is 5.91 Å². The largest absolute Gasteiger partial charge is 0.461 e. The third-order valence-electron chi connectivity index (χ3n) is 9.75. The van der Waals surface area contributed by atoms with E-state index in [1.165, 1.54) is 11.0 Å². The molecule has 4 N–H and O–H groups in total. The van der Waals surface area contributed by atoms with Gasteiger partial charge in [0.1, 0.15) is 29.3 Å². The number of anilines is 2. The van der Waals surface area contributed by atoms with Crippen LogP contribution in [0.1, 0.15) is 38.5 Å². The highest BCUT2D eigenvalue weighted by Crippen LogP contribution is 2.44. The number of nitrogens with zero attached hydrogens (tertiary/aromatic N) is 5. The van der Waals surface area contributed by atoms with Gasteiger partial charge in [-0.2, -0.15) is 9.97 Å². The number of hydrogen-bond donors (Lipinski definition) is 3. The van der Waals surface area contributed by atoms with Crippen LogP contribution < -0.4 is 26.0 Å². The van der Waals surface area contributed by atoms with Gasteiger partial charge in [-0.05, 0) is 76.4 Å². The number of nitrogens with one attached hydrogen (secondary N) is 2. The zero-order valence-electron chi connectivity index (χ0n) is 24.1. The fourth-order valence-corrected chi connectivity index (χ4v) is 8.40. The average molecular weight is 639 g/mol. The molecule has 0 saturated carbocycles. The maximum atomic E-state index is 16.7. The van der Waals surface area contributed by atoms with Gasteiger partial charge in [-0.1, -0.05) is 11.3 Å². The molecule has 4 saturated heterocycles. The van der Waals surface area contributed by atoms with Crippen molar-refractivity contribution in [2.75, 3.05) is 43.4 Å². The van der Waals surface area contributed by atoms with Gasteiger partial charge in [0.2, 0.25) is 0 Å². The molecule has 0 bridgehead atoms. The molecule has 8 rings (SSSR count). The molecule has 3 amide bonds. The summed E-state index contributed by atoms with van der Waals surface area (Å²) in [6, 6.07) is 2.43. The number of urea groups is 1. The van der Waals surface area contributed by atoms with Gasteiger partial charge >= 0.3 is 12.0 Å². The number of halogens is 3. The second kappa shape index (κ2) is 10.2. The molecule has 6 heterocycles. The highest BCUT2D eigenvalue weighted by Gasteiger charge is 2.55. The van der Waals surface area contributed by atoms with Crippen LogP contribution in [0.5, 0.6) is 6.01 Å². The molecule has 1 atom stereocenters. The van der Waals surface area contributed by atoms with Gasteiger partial charge in [0.15, 0.2) is 16.8 Å². The summed E-state index contributed by atoms with van der Waals surface area (Å²) in [4.78, 5) is 43.3. The first-order valence-corrected chi connectivity index (χ1v) is 15.8. The number of aromatic nitrogens is 3. The van der Waals surface area contributed by atoms with Crippen molar-refractivity contribution in [3.05, 3.63) is 35.7 Å². The predicted octanol–water partition coefficient (Wildman–Crippen LogP) is 4.09. The molecule has 4 fully saturated rings. The quantitative estimate of drug-likeness (QED) is 0.276. The summed E-state index contributed by atoms with van der Waals surface area (Å²) in [6.07, 6.45) is 4.84. The Hall–Kier alpha value is -4.08. The Bertz CT molecular complexity index is 1900. The van der Waals surface area contributed by atoms with Crippen molar-refractivity contribution in [1.29, 1.82) is 0 Å². The Labute approximate surface area is 258 Å². The molecule has 4 aliphatic heterocycles. The molecule has 234 valence electrons. The van der Waals surface area contributed by atoms with Crippen LogP contribution in [-0.4, -0.2) is 75.7 Å². The monoisotopic (exact) mass is 638 g/mol. The van der Waals surface area contributed by atoms with E-state index in [1.807, 2.05) is 0 Å². The van der Waals surface area contributed by atoms with E-state index in [-0.39, 0.29) is 62.3 Å². The number of fused-ring (bicyclic) bond motifs is 3. The first-order chi connectivity index (χ1) is 21.7. The number of hydrogen-bond acceptors (Lipinski definition) is 10. The number of carbonyl (C=O) groups excluding carboxylic acids is 2. The second-order valence-electron chi connectivity index (χ2n) is 12.2. The standard InChI is InChI=1S/C30H29F3N8O3S/c31-17-5-4-15(22-23(17)45-26(34)36-22)19-18(32)12-16-21(20(19)33)37-27(44-14-29-6-2-10-40(29)11-3-7-29)38-24(16)41-28(43)39-25(42)30(41)8-1-9-35-13-30/h4-5,12,35H,1-3,6-11,13-14H2,(H2,34,36)(H,39,42,43). The highest BCUT2D eigenvalue weighted by molar-refractivity contribution is 7.22. The summed E-state index contributed by atoms with van der Waals surface area (Å²) in [7, 11) is 0. The summed E-state index contributed by atoms with van der Waals surface area (Å²) in [5.74, 6) is -3.35. The van der Waals surface area contributed by atoms with Gasteiger partial charge in [-0.3, -0.25) is 19.9 Å². The lowest BCUT2D eigenvalue weighted by molar-refractivity contribution is -0.123. The molecule has 45 heavy (non-hydrogen) atoms. The minimum atomic E-state index is -1.35. The fraction of sp³-hybridized carbons (Fsp3) is 0.433. The van der Waals surface area contributed by atoms with Crippen molar-refractivity contribution < 1.29 is 27.5 Å². The topological polar surface area (TPSA) is 139 Å². The summed E-state index contributed by atoms with van der Waals surface area (Å²) in [6.45, 7) is 2.95. The average Bonchev–Trinajstić information content (AvgIpc) is 3.76. The van der Waals surface area contributed by atoms with Crippen LogP contribution in [-0.2, 0) is 4.79 Å². The van der Waals surface area contributed by atoms with Crippen LogP contribution in [0, 0.1) is 17.5 Å².